The molecule has 2 aliphatic heterocycles. The molecule has 2 aliphatic rings. The van der Waals surface area contributed by atoms with Gasteiger partial charge in [-0.05, 0) is 50.0 Å². The fourth-order valence-electron chi connectivity index (χ4n) is 3.35. The third-order valence-electron chi connectivity index (χ3n) is 4.60. The first kappa shape index (κ1) is 12.9. The molecule has 0 radical (unpaired) electrons. The summed E-state index contributed by atoms with van der Waals surface area (Å²) >= 11 is 0. The second-order valence-corrected chi connectivity index (χ2v) is 6.05. The summed E-state index contributed by atoms with van der Waals surface area (Å²) in [6, 6.07) is 7.70. The van der Waals surface area contributed by atoms with Gasteiger partial charge in [-0.2, -0.15) is 0 Å². The molecular formula is C16H25N3. The van der Waals surface area contributed by atoms with Gasteiger partial charge in [0.15, 0.2) is 0 Å². The normalized spacial score (nSPS) is 22.9. The molecule has 0 bridgehead atoms. The maximum atomic E-state index is 3.50. The van der Waals surface area contributed by atoms with Crippen molar-refractivity contribution in [1.82, 2.24) is 10.2 Å². The minimum Gasteiger partial charge on any atom is -0.374 e. The van der Waals surface area contributed by atoms with Crippen LogP contribution >= 0.6 is 0 Å². The molecule has 1 aromatic rings. The predicted molar refractivity (Wildman–Crippen MR) is 80.8 cm³/mol. The Morgan fingerprint density at radius 1 is 1.42 bits per heavy atom. The van der Waals surface area contributed by atoms with E-state index in [0.717, 1.165) is 13.1 Å². The van der Waals surface area contributed by atoms with E-state index in [4.69, 9.17) is 0 Å². The van der Waals surface area contributed by atoms with Gasteiger partial charge in [0.1, 0.15) is 0 Å². The van der Waals surface area contributed by atoms with E-state index >= 15 is 0 Å². The molecule has 0 saturated carbocycles. The minimum atomic E-state index is 0.699. The van der Waals surface area contributed by atoms with Crippen LogP contribution in [-0.2, 0) is 13.0 Å². The number of benzene rings is 1. The van der Waals surface area contributed by atoms with E-state index in [0.29, 0.717) is 6.04 Å². The van der Waals surface area contributed by atoms with Crippen LogP contribution in [0.2, 0.25) is 0 Å². The molecule has 2 heterocycles. The Kier molecular flexibility index (Phi) is 3.76. The standard InChI is InChI=1S/C16H25N3/c1-18-9-7-14-10-13(5-6-16(14)18)12-19(2)15-4-3-8-17-11-15/h5-6,10,15,17H,3-4,7-9,11-12H2,1-2H3. The molecule has 1 aromatic carbocycles. The van der Waals surface area contributed by atoms with Gasteiger partial charge in [0.05, 0.1) is 0 Å². The minimum absolute atomic E-state index is 0.699. The second-order valence-electron chi connectivity index (χ2n) is 6.05. The first-order chi connectivity index (χ1) is 9.24. The monoisotopic (exact) mass is 259 g/mol. The number of hydrogen-bond donors (Lipinski definition) is 1. The fourth-order valence-corrected chi connectivity index (χ4v) is 3.35. The van der Waals surface area contributed by atoms with Crippen molar-refractivity contribution in [2.24, 2.45) is 0 Å². The van der Waals surface area contributed by atoms with Crippen LogP contribution in [-0.4, -0.2) is 44.7 Å². The molecule has 3 nitrogen and oxygen atoms in total. The van der Waals surface area contributed by atoms with E-state index in [1.54, 1.807) is 0 Å². The Bertz CT molecular complexity index is 438. The van der Waals surface area contributed by atoms with E-state index in [-0.39, 0.29) is 0 Å². The van der Waals surface area contributed by atoms with Crippen LogP contribution < -0.4 is 10.2 Å². The van der Waals surface area contributed by atoms with E-state index in [1.807, 2.05) is 0 Å². The number of nitrogens with one attached hydrogen (secondary N) is 1. The molecule has 0 aromatic heterocycles. The van der Waals surface area contributed by atoms with Crippen molar-refractivity contribution in [2.75, 3.05) is 38.6 Å². The van der Waals surface area contributed by atoms with Crippen LogP contribution in [0, 0.1) is 0 Å². The number of hydrogen-bond acceptors (Lipinski definition) is 3. The summed E-state index contributed by atoms with van der Waals surface area (Å²) in [5.41, 5.74) is 4.41. The van der Waals surface area contributed by atoms with Crippen molar-refractivity contribution >= 4 is 5.69 Å². The van der Waals surface area contributed by atoms with Gasteiger partial charge in [0, 0.05) is 38.4 Å². The number of fused-ring (bicyclic) bond motifs is 1. The molecule has 1 N–H and O–H groups in total. The third kappa shape index (κ3) is 2.77. The van der Waals surface area contributed by atoms with Crippen LogP contribution in [0.3, 0.4) is 0 Å². The summed E-state index contributed by atoms with van der Waals surface area (Å²) in [6.45, 7) is 4.57. The molecule has 0 amide bonds. The van der Waals surface area contributed by atoms with Crippen LogP contribution in [0.15, 0.2) is 18.2 Å². The van der Waals surface area contributed by atoms with Gasteiger partial charge in [0.2, 0.25) is 0 Å². The average Bonchev–Trinajstić information content (AvgIpc) is 2.81. The Morgan fingerprint density at radius 2 is 2.32 bits per heavy atom. The number of piperidine rings is 1. The number of likely N-dealkylation sites (N-methyl/N-ethyl adjacent to an activating group) is 2. The maximum absolute atomic E-state index is 3.50. The topological polar surface area (TPSA) is 18.5 Å². The lowest BCUT2D eigenvalue weighted by Gasteiger charge is -2.31. The lowest BCUT2D eigenvalue weighted by Crippen LogP contribution is -2.43. The van der Waals surface area contributed by atoms with E-state index in [2.05, 4.69) is 47.4 Å². The first-order valence-corrected chi connectivity index (χ1v) is 7.48. The lowest BCUT2D eigenvalue weighted by atomic mass is 10.0. The van der Waals surface area contributed by atoms with Crippen molar-refractivity contribution in [3.8, 4) is 0 Å². The highest BCUT2D eigenvalue weighted by Gasteiger charge is 2.19. The van der Waals surface area contributed by atoms with Crippen LogP contribution in [0.5, 0.6) is 0 Å². The molecule has 3 rings (SSSR count). The van der Waals surface area contributed by atoms with Gasteiger partial charge >= 0.3 is 0 Å². The zero-order valence-corrected chi connectivity index (χ0v) is 12.2. The van der Waals surface area contributed by atoms with Gasteiger partial charge in [0.25, 0.3) is 0 Å². The molecular weight excluding hydrogens is 234 g/mol. The van der Waals surface area contributed by atoms with Gasteiger partial charge < -0.3 is 10.2 Å². The summed E-state index contributed by atoms with van der Waals surface area (Å²) in [6.07, 6.45) is 3.84. The SMILES string of the molecule is CN1CCc2cc(CN(C)C3CCCNC3)ccc21. The molecule has 19 heavy (non-hydrogen) atoms. The van der Waals surface area contributed by atoms with Gasteiger partial charge in [-0.25, -0.2) is 0 Å². The maximum Gasteiger partial charge on any atom is 0.0397 e. The van der Waals surface area contributed by atoms with E-state index < -0.39 is 0 Å². The van der Waals surface area contributed by atoms with Crippen LogP contribution in [0.1, 0.15) is 24.0 Å². The predicted octanol–water partition coefficient (Wildman–Crippen LogP) is 1.86. The average molecular weight is 259 g/mol. The molecule has 1 atom stereocenters. The Morgan fingerprint density at radius 3 is 3.11 bits per heavy atom. The molecule has 1 fully saturated rings. The van der Waals surface area contributed by atoms with E-state index in [1.165, 1.54) is 49.2 Å². The van der Waals surface area contributed by atoms with E-state index in [9.17, 15) is 0 Å². The summed E-state index contributed by atoms with van der Waals surface area (Å²) < 4.78 is 0. The molecule has 0 spiro atoms. The van der Waals surface area contributed by atoms with Crippen molar-refractivity contribution in [3.05, 3.63) is 29.3 Å². The number of rotatable bonds is 3. The van der Waals surface area contributed by atoms with Crippen molar-refractivity contribution in [1.29, 1.82) is 0 Å². The third-order valence-corrected chi connectivity index (χ3v) is 4.60. The molecule has 104 valence electrons. The number of nitrogens with zero attached hydrogens (tertiary/aromatic N) is 2. The Balaban J connectivity index is 1.66. The van der Waals surface area contributed by atoms with Crippen molar-refractivity contribution in [3.63, 3.8) is 0 Å². The first-order valence-electron chi connectivity index (χ1n) is 7.48. The Hall–Kier alpha value is -1.06. The zero-order valence-electron chi connectivity index (χ0n) is 12.2. The summed E-state index contributed by atoms with van der Waals surface area (Å²) in [5.74, 6) is 0. The van der Waals surface area contributed by atoms with Crippen LogP contribution in [0.25, 0.3) is 0 Å². The largest absolute Gasteiger partial charge is 0.374 e. The fraction of sp³-hybridized carbons (Fsp3) is 0.625. The zero-order chi connectivity index (χ0) is 13.2. The highest BCUT2D eigenvalue weighted by molar-refractivity contribution is 5.58. The highest BCUT2D eigenvalue weighted by Crippen LogP contribution is 2.28. The second kappa shape index (κ2) is 5.51. The van der Waals surface area contributed by atoms with Crippen molar-refractivity contribution in [2.45, 2.75) is 31.8 Å². The van der Waals surface area contributed by atoms with Gasteiger partial charge in [-0.15, -0.1) is 0 Å². The summed E-state index contributed by atoms with van der Waals surface area (Å²) in [7, 11) is 4.45. The summed E-state index contributed by atoms with van der Waals surface area (Å²) in [4.78, 5) is 4.86. The molecule has 1 unspecified atom stereocenters. The van der Waals surface area contributed by atoms with Crippen LogP contribution in [0.4, 0.5) is 5.69 Å². The number of anilines is 1. The van der Waals surface area contributed by atoms with Gasteiger partial charge in [-0.1, -0.05) is 12.1 Å². The molecule has 3 heteroatoms. The van der Waals surface area contributed by atoms with Gasteiger partial charge in [-0.3, -0.25) is 4.90 Å². The summed E-state index contributed by atoms with van der Waals surface area (Å²) in [5, 5.41) is 3.50. The molecule has 0 aliphatic carbocycles. The molecule has 1 saturated heterocycles. The van der Waals surface area contributed by atoms with Crippen molar-refractivity contribution < 1.29 is 0 Å². The smallest absolute Gasteiger partial charge is 0.0397 e. The quantitative estimate of drug-likeness (QED) is 0.894. The Labute approximate surface area is 116 Å². The highest BCUT2D eigenvalue weighted by atomic mass is 15.2. The lowest BCUT2D eigenvalue weighted by molar-refractivity contribution is 0.196.